The zero-order valence-corrected chi connectivity index (χ0v) is 15.5. The third kappa shape index (κ3) is 4.31. The molecule has 2 aromatic carbocycles. The van der Waals surface area contributed by atoms with Crippen molar-refractivity contribution in [3.8, 4) is 5.75 Å². The van der Waals surface area contributed by atoms with Gasteiger partial charge >= 0.3 is 5.97 Å². The predicted molar refractivity (Wildman–Crippen MR) is 101 cm³/mol. The van der Waals surface area contributed by atoms with Gasteiger partial charge in [-0.2, -0.15) is 0 Å². The highest BCUT2D eigenvalue weighted by molar-refractivity contribution is 5.99. The number of hydrogen-bond acceptors (Lipinski definition) is 4. The number of anilines is 1. The Kier molecular flexibility index (Phi) is 5.94. The van der Waals surface area contributed by atoms with Gasteiger partial charge in [-0.05, 0) is 61.2 Å². The monoisotopic (exact) mass is 387 g/mol. The number of aliphatic carboxylic acids is 1. The molecule has 148 valence electrons. The Bertz CT molecular complexity index is 860. The van der Waals surface area contributed by atoms with E-state index in [2.05, 4.69) is 5.32 Å². The van der Waals surface area contributed by atoms with Gasteiger partial charge in [0.05, 0.1) is 5.41 Å². The molecule has 1 aliphatic heterocycles. The van der Waals surface area contributed by atoms with Crippen LogP contribution < -0.4 is 10.1 Å². The first-order chi connectivity index (χ1) is 13.4. The fourth-order valence-electron chi connectivity index (χ4n) is 3.39. The number of amides is 1. The van der Waals surface area contributed by atoms with Gasteiger partial charge in [0.1, 0.15) is 11.6 Å². The molecule has 1 fully saturated rings. The summed E-state index contributed by atoms with van der Waals surface area (Å²) >= 11 is 0. The molecule has 7 heteroatoms. The van der Waals surface area contributed by atoms with Crippen LogP contribution in [0.15, 0.2) is 42.5 Å². The lowest BCUT2D eigenvalue weighted by molar-refractivity contribution is -0.139. The highest BCUT2D eigenvalue weighted by atomic mass is 19.1. The molecule has 2 N–H and O–H groups in total. The highest BCUT2D eigenvalue weighted by Gasteiger charge is 2.41. The topological polar surface area (TPSA) is 84.9 Å². The van der Waals surface area contributed by atoms with Crippen molar-refractivity contribution in [2.24, 2.45) is 0 Å². The van der Waals surface area contributed by atoms with E-state index in [-0.39, 0.29) is 11.7 Å². The Morgan fingerprint density at radius 3 is 2.46 bits per heavy atom. The molecule has 1 heterocycles. The molecule has 2 aromatic rings. The predicted octanol–water partition coefficient (Wildman–Crippen LogP) is 3.28. The second-order valence-electron chi connectivity index (χ2n) is 6.81. The Labute approximate surface area is 162 Å². The summed E-state index contributed by atoms with van der Waals surface area (Å²) in [5.74, 6) is -1.17. The molecular formula is C21H22FNO5. The summed E-state index contributed by atoms with van der Waals surface area (Å²) < 4.78 is 24.0. The van der Waals surface area contributed by atoms with Crippen LogP contribution in [0.5, 0.6) is 5.75 Å². The smallest absolute Gasteiger partial charge is 0.341 e. The number of hydrogen-bond donors (Lipinski definition) is 2. The van der Waals surface area contributed by atoms with Gasteiger partial charge in [0.2, 0.25) is 5.91 Å². The quantitative estimate of drug-likeness (QED) is 0.795. The summed E-state index contributed by atoms with van der Waals surface area (Å²) in [6.07, 6.45) is 1.01. The van der Waals surface area contributed by atoms with E-state index in [9.17, 15) is 14.0 Å². The molecule has 3 rings (SSSR count). The molecule has 0 aromatic heterocycles. The van der Waals surface area contributed by atoms with Crippen LogP contribution in [0.1, 0.15) is 24.0 Å². The molecule has 0 bridgehead atoms. The van der Waals surface area contributed by atoms with E-state index >= 15 is 0 Å². The van der Waals surface area contributed by atoms with Gasteiger partial charge < -0.3 is 19.9 Å². The number of carboxylic acid groups (broad SMARTS) is 1. The lowest BCUT2D eigenvalue weighted by Gasteiger charge is -2.36. The summed E-state index contributed by atoms with van der Waals surface area (Å²) in [4.78, 5) is 23.9. The van der Waals surface area contributed by atoms with Crippen molar-refractivity contribution in [1.29, 1.82) is 0 Å². The van der Waals surface area contributed by atoms with E-state index in [4.69, 9.17) is 14.6 Å². The van der Waals surface area contributed by atoms with Gasteiger partial charge in [0, 0.05) is 18.9 Å². The maximum Gasteiger partial charge on any atom is 0.341 e. The summed E-state index contributed by atoms with van der Waals surface area (Å²) in [7, 11) is 0. The molecule has 0 unspecified atom stereocenters. The Morgan fingerprint density at radius 1 is 1.18 bits per heavy atom. The van der Waals surface area contributed by atoms with Gasteiger partial charge in [-0.15, -0.1) is 0 Å². The van der Waals surface area contributed by atoms with Crippen molar-refractivity contribution < 1.29 is 28.6 Å². The third-order valence-electron chi connectivity index (χ3n) is 4.99. The first kappa shape index (κ1) is 19.8. The van der Waals surface area contributed by atoms with Crippen LogP contribution in [0.4, 0.5) is 10.1 Å². The van der Waals surface area contributed by atoms with Crippen molar-refractivity contribution in [2.75, 3.05) is 25.1 Å². The minimum absolute atomic E-state index is 0.176. The summed E-state index contributed by atoms with van der Waals surface area (Å²) in [6.45, 7) is 2.27. The van der Waals surface area contributed by atoms with Gasteiger partial charge in [-0.25, -0.2) is 9.18 Å². The van der Waals surface area contributed by atoms with Crippen molar-refractivity contribution in [2.45, 2.75) is 25.2 Å². The maximum atomic E-state index is 13.4. The first-order valence-corrected chi connectivity index (χ1v) is 9.01. The van der Waals surface area contributed by atoms with E-state index < -0.39 is 18.0 Å². The highest BCUT2D eigenvalue weighted by Crippen LogP contribution is 2.36. The number of benzene rings is 2. The van der Waals surface area contributed by atoms with Gasteiger partial charge in [-0.3, -0.25) is 4.79 Å². The summed E-state index contributed by atoms with van der Waals surface area (Å²) in [5, 5.41) is 11.7. The van der Waals surface area contributed by atoms with Crippen molar-refractivity contribution in [1.82, 2.24) is 0 Å². The fourth-order valence-corrected chi connectivity index (χ4v) is 3.39. The van der Waals surface area contributed by atoms with Crippen molar-refractivity contribution in [3.63, 3.8) is 0 Å². The molecule has 6 nitrogen and oxygen atoms in total. The molecule has 1 saturated heterocycles. The van der Waals surface area contributed by atoms with E-state index in [1.54, 1.807) is 37.3 Å². The Morgan fingerprint density at radius 2 is 1.86 bits per heavy atom. The molecule has 0 atom stereocenters. The summed E-state index contributed by atoms with van der Waals surface area (Å²) in [6, 6.07) is 11.0. The SMILES string of the molecule is Cc1cc(OCC(=O)O)ccc1NC(=O)C1(c2ccc(F)cc2)CCOCC1. The number of aryl methyl sites for hydroxylation is 1. The van der Waals surface area contributed by atoms with Crippen LogP contribution in [0.25, 0.3) is 0 Å². The Balaban J connectivity index is 1.82. The van der Waals surface area contributed by atoms with Crippen molar-refractivity contribution >= 4 is 17.6 Å². The minimum atomic E-state index is -1.06. The minimum Gasteiger partial charge on any atom is -0.482 e. The summed E-state index contributed by atoms with van der Waals surface area (Å²) in [5.41, 5.74) is 1.32. The molecule has 1 amide bonds. The van der Waals surface area contributed by atoms with Crippen LogP contribution in [0.3, 0.4) is 0 Å². The second-order valence-corrected chi connectivity index (χ2v) is 6.81. The van der Waals surface area contributed by atoms with Gasteiger partial charge in [-0.1, -0.05) is 12.1 Å². The lowest BCUT2D eigenvalue weighted by Crippen LogP contribution is -2.45. The number of nitrogens with one attached hydrogen (secondary N) is 1. The molecule has 0 saturated carbocycles. The molecule has 0 aliphatic carbocycles. The van der Waals surface area contributed by atoms with E-state index in [1.165, 1.54) is 12.1 Å². The maximum absolute atomic E-state index is 13.4. The van der Waals surface area contributed by atoms with Gasteiger partial charge in [0.25, 0.3) is 0 Å². The van der Waals surface area contributed by atoms with E-state index in [0.29, 0.717) is 37.5 Å². The number of halogens is 1. The fraction of sp³-hybridized carbons (Fsp3) is 0.333. The first-order valence-electron chi connectivity index (χ1n) is 9.01. The molecule has 0 spiro atoms. The zero-order valence-electron chi connectivity index (χ0n) is 15.5. The largest absolute Gasteiger partial charge is 0.482 e. The average molecular weight is 387 g/mol. The molecule has 0 radical (unpaired) electrons. The molecular weight excluding hydrogens is 365 g/mol. The van der Waals surface area contributed by atoms with Crippen LogP contribution in [-0.2, 0) is 19.7 Å². The number of carboxylic acids is 1. The number of carbonyl (C=O) groups excluding carboxylic acids is 1. The van der Waals surface area contributed by atoms with E-state index in [0.717, 1.165) is 11.1 Å². The number of ether oxygens (including phenoxy) is 2. The van der Waals surface area contributed by atoms with Crippen LogP contribution in [0.2, 0.25) is 0 Å². The zero-order chi connectivity index (χ0) is 20.1. The average Bonchev–Trinajstić information content (AvgIpc) is 2.69. The molecule has 28 heavy (non-hydrogen) atoms. The van der Waals surface area contributed by atoms with Crippen LogP contribution in [-0.4, -0.2) is 36.8 Å². The standard InChI is InChI=1S/C21H22FNO5/c1-14-12-17(28-13-19(24)25)6-7-18(14)23-20(26)21(8-10-27-11-9-21)15-2-4-16(22)5-3-15/h2-7,12H,8-11,13H2,1H3,(H,23,26)(H,24,25). The third-order valence-corrected chi connectivity index (χ3v) is 4.99. The van der Waals surface area contributed by atoms with Crippen LogP contribution in [0, 0.1) is 12.7 Å². The molecule has 1 aliphatic rings. The van der Waals surface area contributed by atoms with E-state index in [1.807, 2.05) is 0 Å². The normalized spacial score (nSPS) is 15.6. The Hall–Kier alpha value is -2.93. The van der Waals surface area contributed by atoms with Crippen LogP contribution >= 0.6 is 0 Å². The second kappa shape index (κ2) is 8.39. The number of carbonyl (C=O) groups is 2. The number of rotatable bonds is 6. The lowest BCUT2D eigenvalue weighted by atomic mass is 9.73. The van der Waals surface area contributed by atoms with Crippen molar-refractivity contribution in [3.05, 3.63) is 59.4 Å². The van der Waals surface area contributed by atoms with Gasteiger partial charge in [0.15, 0.2) is 6.61 Å².